The lowest BCUT2D eigenvalue weighted by Gasteiger charge is -2.32. The highest BCUT2D eigenvalue weighted by Gasteiger charge is 2.31. The number of ether oxygens (including phenoxy) is 2. The average molecular weight is 431 g/mol. The van der Waals surface area contributed by atoms with Gasteiger partial charge >= 0.3 is 6.18 Å². The molecule has 3 heterocycles. The number of amides is 1. The molecule has 2 aromatic heterocycles. The van der Waals surface area contributed by atoms with Crippen molar-refractivity contribution in [2.24, 2.45) is 0 Å². The number of carbonyl (C=O) groups excluding carboxylic acids is 1. The minimum absolute atomic E-state index is 0.0688. The molecule has 1 unspecified atom stereocenters. The molecule has 162 valence electrons. The van der Waals surface area contributed by atoms with Crippen LogP contribution in [0.15, 0.2) is 54.9 Å². The molecule has 31 heavy (non-hydrogen) atoms. The molecule has 6 nitrogen and oxygen atoms in total. The minimum atomic E-state index is -4.45. The first-order valence-corrected chi connectivity index (χ1v) is 9.71. The summed E-state index contributed by atoms with van der Waals surface area (Å²) in [5.74, 6) is -0.0782. The predicted octanol–water partition coefficient (Wildman–Crippen LogP) is 3.90. The van der Waals surface area contributed by atoms with Crippen LogP contribution in [-0.4, -0.2) is 53.2 Å². The van der Waals surface area contributed by atoms with Crippen LogP contribution < -0.4 is 4.74 Å². The molecule has 0 spiro atoms. The fourth-order valence-electron chi connectivity index (χ4n) is 3.33. The summed E-state index contributed by atoms with van der Waals surface area (Å²) in [6.07, 6.45) is 1.02. The Labute approximate surface area is 176 Å². The van der Waals surface area contributed by atoms with E-state index in [0.29, 0.717) is 19.7 Å². The maximum absolute atomic E-state index is 12.6. The standard InChI is InChI=1S/C22H20F3N3O3/c23-22(24,25)16-6-7-20(27-12-16)31-14-17-13-28(9-10-30-17)21(29)8-5-15-11-26-19-4-2-1-3-18(15)19/h1-8,11-12,17,26H,9-10,13-14H2. The summed E-state index contributed by atoms with van der Waals surface area (Å²) in [6.45, 7) is 1.19. The number of rotatable bonds is 5. The summed E-state index contributed by atoms with van der Waals surface area (Å²) in [4.78, 5) is 21.1. The molecule has 1 fully saturated rings. The van der Waals surface area contributed by atoms with E-state index in [-0.39, 0.29) is 18.4 Å². The van der Waals surface area contributed by atoms with Crippen molar-refractivity contribution in [1.29, 1.82) is 0 Å². The van der Waals surface area contributed by atoms with Gasteiger partial charge in [-0.15, -0.1) is 0 Å². The number of nitrogens with one attached hydrogen (secondary N) is 1. The van der Waals surface area contributed by atoms with Crippen molar-refractivity contribution in [2.75, 3.05) is 26.3 Å². The topological polar surface area (TPSA) is 67.5 Å². The largest absolute Gasteiger partial charge is 0.475 e. The van der Waals surface area contributed by atoms with Crippen molar-refractivity contribution < 1.29 is 27.4 Å². The van der Waals surface area contributed by atoms with Gasteiger partial charge in [0.2, 0.25) is 11.8 Å². The summed E-state index contributed by atoms with van der Waals surface area (Å²) < 4.78 is 48.9. The number of aromatic amines is 1. The number of halogens is 3. The quantitative estimate of drug-likeness (QED) is 0.623. The molecule has 0 radical (unpaired) electrons. The van der Waals surface area contributed by atoms with E-state index in [1.54, 1.807) is 11.0 Å². The molecular weight excluding hydrogens is 411 g/mol. The third-order valence-electron chi connectivity index (χ3n) is 4.96. The van der Waals surface area contributed by atoms with Crippen molar-refractivity contribution >= 4 is 22.9 Å². The number of pyridine rings is 1. The van der Waals surface area contributed by atoms with Gasteiger partial charge in [-0.25, -0.2) is 4.98 Å². The van der Waals surface area contributed by atoms with Crippen LogP contribution >= 0.6 is 0 Å². The van der Waals surface area contributed by atoms with E-state index in [0.717, 1.165) is 28.7 Å². The molecule has 1 aliphatic heterocycles. The second kappa shape index (κ2) is 8.81. The van der Waals surface area contributed by atoms with Crippen LogP contribution in [0.5, 0.6) is 5.88 Å². The van der Waals surface area contributed by atoms with E-state index in [9.17, 15) is 18.0 Å². The monoisotopic (exact) mass is 431 g/mol. The smallest absolute Gasteiger partial charge is 0.417 e. The number of hydrogen-bond donors (Lipinski definition) is 1. The van der Waals surface area contributed by atoms with Crippen LogP contribution in [0.1, 0.15) is 11.1 Å². The van der Waals surface area contributed by atoms with Crippen molar-refractivity contribution in [3.63, 3.8) is 0 Å². The third kappa shape index (κ3) is 5.05. The van der Waals surface area contributed by atoms with Gasteiger partial charge in [0.1, 0.15) is 12.7 Å². The Bertz CT molecular complexity index is 1080. The molecule has 1 aliphatic rings. The lowest BCUT2D eigenvalue weighted by molar-refractivity contribution is -0.137. The molecule has 9 heteroatoms. The SMILES string of the molecule is O=C(C=Cc1c[nH]c2ccccc12)N1CCOC(COc2ccc(C(F)(F)F)cn2)C1. The lowest BCUT2D eigenvalue weighted by atomic mass is 10.1. The number of carbonyl (C=O) groups is 1. The number of morpholine rings is 1. The van der Waals surface area contributed by atoms with E-state index in [2.05, 4.69) is 9.97 Å². The molecule has 0 bridgehead atoms. The number of H-pyrrole nitrogens is 1. The van der Waals surface area contributed by atoms with E-state index >= 15 is 0 Å². The summed E-state index contributed by atoms with van der Waals surface area (Å²) in [5, 5.41) is 1.03. The van der Waals surface area contributed by atoms with Crippen LogP contribution in [0.3, 0.4) is 0 Å². The summed E-state index contributed by atoms with van der Waals surface area (Å²) >= 11 is 0. The fourth-order valence-corrected chi connectivity index (χ4v) is 3.33. The second-order valence-corrected chi connectivity index (χ2v) is 7.09. The van der Waals surface area contributed by atoms with Gasteiger partial charge in [0.25, 0.3) is 0 Å². The van der Waals surface area contributed by atoms with Gasteiger partial charge in [-0.3, -0.25) is 4.79 Å². The molecule has 0 aliphatic carbocycles. The van der Waals surface area contributed by atoms with Crippen LogP contribution in [-0.2, 0) is 15.7 Å². The number of hydrogen-bond acceptors (Lipinski definition) is 4. The number of para-hydroxylation sites is 1. The number of benzene rings is 1. The predicted molar refractivity (Wildman–Crippen MR) is 108 cm³/mol. The van der Waals surface area contributed by atoms with Crippen molar-refractivity contribution in [3.05, 3.63) is 66.0 Å². The first-order chi connectivity index (χ1) is 14.9. The van der Waals surface area contributed by atoms with E-state index in [1.807, 2.05) is 30.5 Å². The first-order valence-electron chi connectivity index (χ1n) is 9.71. The van der Waals surface area contributed by atoms with Crippen LogP contribution in [0.25, 0.3) is 17.0 Å². The Hall–Kier alpha value is -3.33. The Balaban J connectivity index is 1.32. The third-order valence-corrected chi connectivity index (χ3v) is 4.96. The highest BCUT2D eigenvalue weighted by Crippen LogP contribution is 2.29. The highest BCUT2D eigenvalue weighted by atomic mass is 19.4. The molecule has 3 aromatic rings. The average Bonchev–Trinajstić information content (AvgIpc) is 3.19. The number of aromatic nitrogens is 2. The molecular formula is C22H20F3N3O3. The van der Waals surface area contributed by atoms with Gasteiger partial charge < -0.3 is 19.4 Å². The molecule has 1 saturated heterocycles. The van der Waals surface area contributed by atoms with Crippen molar-refractivity contribution in [2.45, 2.75) is 12.3 Å². The molecule has 4 rings (SSSR count). The Morgan fingerprint density at radius 3 is 2.90 bits per heavy atom. The van der Waals surface area contributed by atoms with Gasteiger partial charge in [-0.2, -0.15) is 13.2 Å². The first kappa shape index (κ1) is 20.9. The maximum Gasteiger partial charge on any atom is 0.417 e. The second-order valence-electron chi connectivity index (χ2n) is 7.09. The van der Waals surface area contributed by atoms with Gasteiger partial charge in [0.15, 0.2) is 0 Å². The van der Waals surface area contributed by atoms with E-state index in [1.165, 1.54) is 12.1 Å². The number of nitrogens with zero attached hydrogens (tertiary/aromatic N) is 2. The van der Waals surface area contributed by atoms with E-state index < -0.39 is 17.8 Å². The van der Waals surface area contributed by atoms with Crippen LogP contribution in [0.4, 0.5) is 13.2 Å². The zero-order chi connectivity index (χ0) is 21.8. The Morgan fingerprint density at radius 1 is 1.29 bits per heavy atom. The Morgan fingerprint density at radius 2 is 2.13 bits per heavy atom. The maximum atomic E-state index is 12.6. The zero-order valence-electron chi connectivity index (χ0n) is 16.4. The van der Waals surface area contributed by atoms with Gasteiger partial charge in [-0.1, -0.05) is 18.2 Å². The number of fused-ring (bicyclic) bond motifs is 1. The molecule has 0 saturated carbocycles. The van der Waals surface area contributed by atoms with Crippen LogP contribution in [0, 0.1) is 0 Å². The van der Waals surface area contributed by atoms with Crippen LogP contribution in [0.2, 0.25) is 0 Å². The fraction of sp³-hybridized carbons (Fsp3) is 0.273. The zero-order valence-corrected chi connectivity index (χ0v) is 16.4. The highest BCUT2D eigenvalue weighted by molar-refractivity contribution is 5.96. The Kier molecular flexibility index (Phi) is 5.94. The number of alkyl halides is 3. The van der Waals surface area contributed by atoms with E-state index in [4.69, 9.17) is 9.47 Å². The van der Waals surface area contributed by atoms with Crippen molar-refractivity contribution in [3.8, 4) is 5.88 Å². The van der Waals surface area contributed by atoms with Gasteiger partial charge in [0, 0.05) is 42.0 Å². The van der Waals surface area contributed by atoms with Gasteiger partial charge in [-0.05, 0) is 23.8 Å². The van der Waals surface area contributed by atoms with Crippen molar-refractivity contribution in [1.82, 2.24) is 14.9 Å². The molecule has 1 N–H and O–H groups in total. The summed E-state index contributed by atoms with van der Waals surface area (Å²) in [7, 11) is 0. The molecule has 1 aromatic carbocycles. The van der Waals surface area contributed by atoms with Gasteiger partial charge in [0.05, 0.1) is 18.7 Å². The molecule has 1 amide bonds. The normalized spacial score (nSPS) is 17.4. The summed E-state index contributed by atoms with van der Waals surface area (Å²) in [5.41, 5.74) is 1.08. The minimum Gasteiger partial charge on any atom is -0.475 e. The lowest BCUT2D eigenvalue weighted by Crippen LogP contribution is -2.47. The summed E-state index contributed by atoms with van der Waals surface area (Å²) in [6, 6.07) is 9.90. The molecule has 1 atom stereocenters.